The molecular weight excluding hydrogens is 184 g/mol. The fourth-order valence-corrected chi connectivity index (χ4v) is 1.04. The van der Waals surface area contributed by atoms with E-state index in [2.05, 4.69) is 11.7 Å². The molecule has 1 saturated heterocycles. The topological polar surface area (TPSA) is 55.8 Å². The van der Waals surface area contributed by atoms with Crippen LogP contribution in [0.2, 0.25) is 0 Å². The third-order valence-electron chi connectivity index (χ3n) is 1.88. The molecule has 1 heterocycles. The maximum atomic E-state index is 9.65. The summed E-state index contributed by atoms with van der Waals surface area (Å²) in [5, 5.41) is 7.92. The monoisotopic (exact) mass is 204 g/mol. The fraction of sp³-hybridized carbons (Fsp3) is 0.900. The van der Waals surface area contributed by atoms with Crippen LogP contribution in [0.3, 0.4) is 0 Å². The maximum Gasteiger partial charge on any atom is 0.505 e. The predicted molar refractivity (Wildman–Crippen MR) is 53.5 cm³/mol. The van der Waals surface area contributed by atoms with Gasteiger partial charge in [-0.3, -0.25) is 0 Å². The average Bonchev–Trinajstić information content (AvgIpc) is 2.57. The zero-order valence-electron chi connectivity index (χ0n) is 8.99. The van der Waals surface area contributed by atoms with Gasteiger partial charge in [0.15, 0.2) is 0 Å². The van der Waals surface area contributed by atoms with Crippen molar-refractivity contribution in [2.24, 2.45) is 0 Å². The van der Waals surface area contributed by atoms with Gasteiger partial charge >= 0.3 is 6.16 Å². The van der Waals surface area contributed by atoms with E-state index >= 15 is 0 Å². The van der Waals surface area contributed by atoms with Crippen LogP contribution in [0.5, 0.6) is 0 Å². The van der Waals surface area contributed by atoms with Crippen LogP contribution in [0.25, 0.3) is 0 Å². The molecule has 1 atom stereocenters. The van der Waals surface area contributed by atoms with Crippen LogP contribution in [0.4, 0.5) is 4.79 Å². The summed E-state index contributed by atoms with van der Waals surface area (Å²) < 4.78 is 9.35. The van der Waals surface area contributed by atoms with Gasteiger partial charge in [0.25, 0.3) is 0 Å². The highest BCUT2D eigenvalue weighted by atomic mass is 16.7. The van der Waals surface area contributed by atoms with Gasteiger partial charge in [-0.1, -0.05) is 13.3 Å². The van der Waals surface area contributed by atoms with E-state index in [0.717, 1.165) is 19.4 Å². The first-order chi connectivity index (χ1) is 6.66. The second kappa shape index (κ2) is 8.81. The lowest BCUT2D eigenvalue weighted by Crippen LogP contribution is -2.00. The predicted octanol–water partition coefficient (Wildman–Crippen LogP) is 2.67. The third kappa shape index (κ3) is 9.32. The van der Waals surface area contributed by atoms with Crippen molar-refractivity contribution < 1.29 is 19.4 Å². The highest BCUT2D eigenvalue weighted by molar-refractivity contribution is 5.56. The first-order valence-corrected chi connectivity index (χ1v) is 5.14. The number of hydrogen-bond acceptors (Lipinski definition) is 3. The zero-order chi connectivity index (χ0) is 10.8. The van der Waals surface area contributed by atoms with E-state index in [0.29, 0.717) is 12.7 Å². The third-order valence-corrected chi connectivity index (χ3v) is 1.88. The van der Waals surface area contributed by atoms with Crippen LogP contribution in [-0.2, 0) is 9.47 Å². The zero-order valence-corrected chi connectivity index (χ0v) is 8.99. The molecule has 1 N–H and O–H groups in total. The fourth-order valence-electron chi connectivity index (χ4n) is 1.04. The molecule has 0 bridgehead atoms. The van der Waals surface area contributed by atoms with Crippen LogP contribution >= 0.6 is 0 Å². The highest BCUT2D eigenvalue weighted by Gasteiger charge is 2.07. The molecule has 4 nitrogen and oxygen atoms in total. The first-order valence-electron chi connectivity index (χ1n) is 5.14. The van der Waals surface area contributed by atoms with Crippen molar-refractivity contribution in [3.05, 3.63) is 0 Å². The van der Waals surface area contributed by atoms with Crippen LogP contribution in [0, 0.1) is 0 Å². The summed E-state index contributed by atoms with van der Waals surface area (Å²) in [6, 6.07) is 0. The Hall–Kier alpha value is -0.770. The van der Waals surface area contributed by atoms with Crippen molar-refractivity contribution in [3.63, 3.8) is 0 Å². The molecule has 1 fully saturated rings. The molecule has 0 radical (unpaired) electrons. The Morgan fingerprint density at radius 3 is 2.64 bits per heavy atom. The molecule has 0 aliphatic carbocycles. The second-order valence-electron chi connectivity index (χ2n) is 3.29. The second-order valence-corrected chi connectivity index (χ2v) is 3.29. The van der Waals surface area contributed by atoms with E-state index in [-0.39, 0.29) is 0 Å². The van der Waals surface area contributed by atoms with Crippen molar-refractivity contribution >= 4 is 6.16 Å². The molecule has 4 heteroatoms. The molecule has 1 aliphatic rings. The van der Waals surface area contributed by atoms with Gasteiger partial charge < -0.3 is 14.6 Å². The number of hydrogen-bond donors (Lipinski definition) is 1. The van der Waals surface area contributed by atoms with Crippen LogP contribution in [-0.4, -0.2) is 30.6 Å². The summed E-state index contributed by atoms with van der Waals surface area (Å²) in [6.45, 7) is 5.41. The molecule has 0 saturated carbocycles. The Morgan fingerprint density at radius 2 is 2.36 bits per heavy atom. The van der Waals surface area contributed by atoms with E-state index in [1.807, 2.05) is 6.92 Å². The lowest BCUT2D eigenvalue weighted by Gasteiger charge is -1.94. The average molecular weight is 204 g/mol. The van der Waals surface area contributed by atoms with Gasteiger partial charge in [-0.2, -0.15) is 0 Å². The number of ether oxygens (including phenoxy) is 2. The molecule has 1 unspecified atom stereocenters. The summed E-state index contributed by atoms with van der Waals surface area (Å²) in [5.74, 6) is 0. The lowest BCUT2D eigenvalue weighted by molar-refractivity contribution is 0.0905. The highest BCUT2D eigenvalue weighted by Crippen LogP contribution is 2.09. The molecule has 0 aromatic rings. The van der Waals surface area contributed by atoms with Crippen molar-refractivity contribution in [3.8, 4) is 0 Å². The van der Waals surface area contributed by atoms with E-state index in [4.69, 9.17) is 9.84 Å². The summed E-state index contributed by atoms with van der Waals surface area (Å²) in [7, 11) is 0. The maximum absolute atomic E-state index is 9.65. The largest absolute Gasteiger partial charge is 0.505 e. The molecule has 0 amide bonds. The van der Waals surface area contributed by atoms with Crippen molar-refractivity contribution in [1.29, 1.82) is 0 Å². The standard InChI is InChI=1S/C5H10O3.C5H10O/c1-2-3-4-8-5(6)7;1-5-3-2-4-6-5/h2-4H2,1H3,(H,6,7);5H,2-4H2,1H3. The summed E-state index contributed by atoms with van der Waals surface area (Å²) >= 11 is 0. The molecule has 0 aromatic carbocycles. The molecule has 14 heavy (non-hydrogen) atoms. The molecule has 84 valence electrons. The Morgan fingerprint density at radius 1 is 1.64 bits per heavy atom. The lowest BCUT2D eigenvalue weighted by atomic mass is 10.3. The Kier molecular flexibility index (Phi) is 8.33. The molecule has 1 rings (SSSR count). The van der Waals surface area contributed by atoms with E-state index < -0.39 is 6.16 Å². The van der Waals surface area contributed by atoms with Gasteiger partial charge in [-0.15, -0.1) is 0 Å². The van der Waals surface area contributed by atoms with Crippen molar-refractivity contribution in [2.45, 2.75) is 45.6 Å². The first kappa shape index (κ1) is 13.2. The van der Waals surface area contributed by atoms with E-state index in [9.17, 15) is 4.79 Å². The number of carbonyl (C=O) groups is 1. The van der Waals surface area contributed by atoms with Gasteiger partial charge in [0.2, 0.25) is 0 Å². The van der Waals surface area contributed by atoms with Gasteiger partial charge in [0, 0.05) is 6.61 Å². The van der Waals surface area contributed by atoms with Crippen LogP contribution < -0.4 is 0 Å². The molecular formula is C10H20O4. The summed E-state index contributed by atoms with van der Waals surface area (Å²) in [5.41, 5.74) is 0. The molecule has 1 aliphatic heterocycles. The van der Waals surface area contributed by atoms with Crippen molar-refractivity contribution in [2.75, 3.05) is 13.2 Å². The minimum absolute atomic E-state index is 0.325. The summed E-state index contributed by atoms with van der Waals surface area (Å²) in [6.07, 6.45) is 3.67. The van der Waals surface area contributed by atoms with Gasteiger partial charge in [0.05, 0.1) is 12.7 Å². The van der Waals surface area contributed by atoms with E-state index in [1.54, 1.807) is 0 Å². The van der Waals surface area contributed by atoms with E-state index in [1.165, 1.54) is 12.8 Å². The Bertz CT molecular complexity index is 141. The minimum Gasteiger partial charge on any atom is -0.450 e. The van der Waals surface area contributed by atoms with Gasteiger partial charge in [-0.25, -0.2) is 4.79 Å². The number of carboxylic acid groups (broad SMARTS) is 1. The van der Waals surface area contributed by atoms with Gasteiger partial charge in [-0.05, 0) is 26.2 Å². The number of unbranched alkanes of at least 4 members (excludes halogenated alkanes) is 1. The minimum atomic E-state index is -1.18. The van der Waals surface area contributed by atoms with Gasteiger partial charge in [0.1, 0.15) is 0 Å². The smallest absolute Gasteiger partial charge is 0.450 e. The molecule has 0 spiro atoms. The van der Waals surface area contributed by atoms with Crippen LogP contribution in [0.15, 0.2) is 0 Å². The quantitative estimate of drug-likeness (QED) is 0.567. The Labute approximate surface area is 85.2 Å². The SMILES string of the molecule is CC1CCCO1.CCCCOC(=O)O. The molecule has 0 aromatic heterocycles. The number of rotatable bonds is 3. The normalized spacial score (nSPS) is 19.7. The Balaban J connectivity index is 0.000000249. The van der Waals surface area contributed by atoms with Crippen LogP contribution in [0.1, 0.15) is 39.5 Å². The summed E-state index contributed by atoms with van der Waals surface area (Å²) in [4.78, 5) is 9.65. The van der Waals surface area contributed by atoms with Crippen molar-refractivity contribution in [1.82, 2.24) is 0 Å².